The van der Waals surface area contributed by atoms with E-state index in [2.05, 4.69) is 25.7 Å². The van der Waals surface area contributed by atoms with Gasteiger partial charge < -0.3 is 4.90 Å². The number of hydrogen-bond acceptors (Lipinski definition) is 3. The smallest absolute Gasteiger partial charge is 0.136 e. The van der Waals surface area contributed by atoms with E-state index in [1.54, 1.807) is 6.92 Å². The molecule has 0 N–H and O–H groups in total. The first-order valence-electron chi connectivity index (χ1n) is 5.73. The van der Waals surface area contributed by atoms with Gasteiger partial charge in [0.15, 0.2) is 0 Å². The number of carbonyl (C=O) groups is 1. The number of carbonyl (C=O) groups excluding carboxylic acids is 1. The average Bonchev–Trinajstić information content (AvgIpc) is 2.28. The van der Waals surface area contributed by atoms with Gasteiger partial charge in [0, 0.05) is 30.8 Å². The molecule has 0 aliphatic carbocycles. The zero-order chi connectivity index (χ0) is 11.5. The SMILES string of the molecule is CC(=O)C(C)(C)CN1CCSCC(C)C1. The Morgan fingerprint density at radius 1 is 1.53 bits per heavy atom. The van der Waals surface area contributed by atoms with Crippen LogP contribution in [0.2, 0.25) is 0 Å². The second-order valence-electron chi connectivity index (χ2n) is 5.36. The lowest BCUT2D eigenvalue weighted by Gasteiger charge is -2.30. The van der Waals surface area contributed by atoms with Crippen LogP contribution in [0.3, 0.4) is 0 Å². The van der Waals surface area contributed by atoms with Gasteiger partial charge in [-0.15, -0.1) is 0 Å². The number of Topliss-reactive ketones (excluding diaryl/α,β-unsaturated/α-hetero) is 1. The molecule has 88 valence electrons. The van der Waals surface area contributed by atoms with Crippen molar-refractivity contribution in [1.82, 2.24) is 4.90 Å². The first-order chi connectivity index (χ1) is 6.92. The van der Waals surface area contributed by atoms with Crippen LogP contribution in [0.25, 0.3) is 0 Å². The second kappa shape index (κ2) is 5.35. The monoisotopic (exact) mass is 229 g/mol. The van der Waals surface area contributed by atoms with Gasteiger partial charge in [0.25, 0.3) is 0 Å². The molecule has 0 radical (unpaired) electrons. The third-order valence-corrected chi connectivity index (χ3v) is 4.37. The lowest BCUT2D eigenvalue weighted by atomic mass is 9.88. The van der Waals surface area contributed by atoms with Crippen molar-refractivity contribution < 1.29 is 4.79 Å². The van der Waals surface area contributed by atoms with Gasteiger partial charge in [0.1, 0.15) is 5.78 Å². The molecule has 0 bridgehead atoms. The highest BCUT2D eigenvalue weighted by molar-refractivity contribution is 7.99. The fourth-order valence-electron chi connectivity index (χ4n) is 1.88. The summed E-state index contributed by atoms with van der Waals surface area (Å²) in [5.74, 6) is 3.52. The Morgan fingerprint density at radius 2 is 2.20 bits per heavy atom. The molecule has 0 amide bonds. The topological polar surface area (TPSA) is 20.3 Å². The molecule has 0 aromatic rings. The van der Waals surface area contributed by atoms with Gasteiger partial charge in [-0.1, -0.05) is 20.8 Å². The predicted molar refractivity (Wildman–Crippen MR) is 67.4 cm³/mol. The minimum absolute atomic E-state index is 0.186. The minimum atomic E-state index is -0.186. The molecule has 0 aromatic carbocycles. The van der Waals surface area contributed by atoms with E-state index in [1.165, 1.54) is 11.5 Å². The molecule has 0 aromatic heterocycles. The summed E-state index contributed by atoms with van der Waals surface area (Å²) in [6, 6.07) is 0. The summed E-state index contributed by atoms with van der Waals surface area (Å²) in [7, 11) is 0. The third kappa shape index (κ3) is 4.15. The zero-order valence-electron chi connectivity index (χ0n) is 10.4. The van der Waals surface area contributed by atoms with Crippen LogP contribution in [0.15, 0.2) is 0 Å². The zero-order valence-corrected chi connectivity index (χ0v) is 11.2. The number of hydrogen-bond donors (Lipinski definition) is 0. The minimum Gasteiger partial charge on any atom is -0.301 e. The van der Waals surface area contributed by atoms with E-state index in [-0.39, 0.29) is 5.41 Å². The maximum Gasteiger partial charge on any atom is 0.136 e. The van der Waals surface area contributed by atoms with Crippen LogP contribution in [0.1, 0.15) is 27.7 Å². The highest BCUT2D eigenvalue weighted by Gasteiger charge is 2.27. The van der Waals surface area contributed by atoms with Crippen molar-refractivity contribution in [3.05, 3.63) is 0 Å². The van der Waals surface area contributed by atoms with E-state index in [4.69, 9.17) is 0 Å². The first kappa shape index (κ1) is 13.0. The van der Waals surface area contributed by atoms with E-state index in [9.17, 15) is 4.79 Å². The lowest BCUT2D eigenvalue weighted by molar-refractivity contribution is -0.125. The van der Waals surface area contributed by atoms with Gasteiger partial charge in [-0.2, -0.15) is 11.8 Å². The van der Waals surface area contributed by atoms with Gasteiger partial charge in [-0.25, -0.2) is 0 Å². The molecule has 1 saturated heterocycles. The number of nitrogens with zero attached hydrogens (tertiary/aromatic N) is 1. The molecular formula is C12H23NOS. The normalized spacial score (nSPS) is 24.9. The van der Waals surface area contributed by atoms with Crippen LogP contribution in [0.5, 0.6) is 0 Å². The van der Waals surface area contributed by atoms with Crippen LogP contribution in [-0.2, 0) is 4.79 Å². The molecular weight excluding hydrogens is 206 g/mol. The van der Waals surface area contributed by atoms with E-state index in [0.29, 0.717) is 5.78 Å². The molecule has 3 heteroatoms. The number of thioether (sulfide) groups is 1. The largest absolute Gasteiger partial charge is 0.301 e. The summed E-state index contributed by atoms with van der Waals surface area (Å²) in [6.07, 6.45) is 0. The Bertz CT molecular complexity index is 228. The van der Waals surface area contributed by atoms with Gasteiger partial charge in [-0.05, 0) is 18.6 Å². The maximum absolute atomic E-state index is 11.5. The van der Waals surface area contributed by atoms with Gasteiger partial charge in [-0.3, -0.25) is 4.79 Å². The van der Waals surface area contributed by atoms with Gasteiger partial charge in [0.05, 0.1) is 0 Å². The van der Waals surface area contributed by atoms with Gasteiger partial charge >= 0.3 is 0 Å². The number of rotatable bonds is 3. The molecule has 1 rings (SSSR count). The highest BCUT2D eigenvalue weighted by atomic mass is 32.2. The van der Waals surface area contributed by atoms with E-state index in [1.807, 2.05) is 11.8 Å². The van der Waals surface area contributed by atoms with Crippen molar-refractivity contribution in [3.8, 4) is 0 Å². The Hall–Kier alpha value is -0.0200. The van der Waals surface area contributed by atoms with Crippen molar-refractivity contribution in [2.24, 2.45) is 11.3 Å². The summed E-state index contributed by atoms with van der Waals surface area (Å²) >= 11 is 2.04. The highest BCUT2D eigenvalue weighted by Crippen LogP contribution is 2.22. The van der Waals surface area contributed by atoms with E-state index < -0.39 is 0 Å². The predicted octanol–water partition coefficient (Wildman–Crippen LogP) is 2.29. The standard InChI is InChI=1S/C12H23NOS/c1-10-7-13(5-6-15-8-10)9-12(3,4)11(2)14/h10H,5-9H2,1-4H3. The number of ketones is 1. The summed E-state index contributed by atoms with van der Waals surface area (Å²) in [4.78, 5) is 13.9. The average molecular weight is 229 g/mol. The molecule has 1 unspecified atom stereocenters. The summed E-state index contributed by atoms with van der Waals surface area (Å²) < 4.78 is 0. The van der Waals surface area contributed by atoms with Crippen molar-refractivity contribution in [2.75, 3.05) is 31.1 Å². The Balaban J connectivity index is 2.52. The lowest BCUT2D eigenvalue weighted by Crippen LogP contribution is -2.40. The third-order valence-electron chi connectivity index (χ3n) is 3.10. The van der Waals surface area contributed by atoms with Crippen molar-refractivity contribution in [1.29, 1.82) is 0 Å². The molecule has 0 spiro atoms. The van der Waals surface area contributed by atoms with E-state index in [0.717, 1.165) is 25.6 Å². The molecule has 1 aliphatic rings. The fourth-order valence-corrected chi connectivity index (χ4v) is 2.94. The Labute approximate surface area is 97.8 Å². The molecule has 15 heavy (non-hydrogen) atoms. The van der Waals surface area contributed by atoms with Crippen LogP contribution in [0, 0.1) is 11.3 Å². The molecule has 1 heterocycles. The molecule has 1 fully saturated rings. The van der Waals surface area contributed by atoms with Crippen LogP contribution in [0.4, 0.5) is 0 Å². The molecule has 1 aliphatic heterocycles. The van der Waals surface area contributed by atoms with Gasteiger partial charge in [0.2, 0.25) is 0 Å². The maximum atomic E-state index is 11.5. The molecule has 2 nitrogen and oxygen atoms in total. The van der Waals surface area contributed by atoms with Crippen molar-refractivity contribution in [3.63, 3.8) is 0 Å². The van der Waals surface area contributed by atoms with E-state index >= 15 is 0 Å². The Morgan fingerprint density at radius 3 is 2.80 bits per heavy atom. The van der Waals surface area contributed by atoms with Crippen molar-refractivity contribution >= 4 is 17.5 Å². The molecule has 1 atom stereocenters. The van der Waals surface area contributed by atoms with Crippen molar-refractivity contribution in [2.45, 2.75) is 27.7 Å². The summed E-state index contributed by atoms with van der Waals surface area (Å²) in [5.41, 5.74) is -0.186. The van der Waals surface area contributed by atoms with Crippen LogP contribution in [-0.4, -0.2) is 41.8 Å². The summed E-state index contributed by atoms with van der Waals surface area (Å²) in [6.45, 7) is 11.3. The second-order valence-corrected chi connectivity index (χ2v) is 6.51. The fraction of sp³-hybridized carbons (Fsp3) is 0.917. The quantitative estimate of drug-likeness (QED) is 0.740. The summed E-state index contributed by atoms with van der Waals surface area (Å²) in [5, 5.41) is 0. The first-order valence-corrected chi connectivity index (χ1v) is 6.88. The Kier molecular flexibility index (Phi) is 4.65. The molecule has 0 saturated carbocycles. The van der Waals surface area contributed by atoms with Crippen LogP contribution >= 0.6 is 11.8 Å². The van der Waals surface area contributed by atoms with Crippen LogP contribution < -0.4 is 0 Å².